The largest absolute Gasteiger partial charge is 0.507 e. The molecule has 4 rings (SSSR count). The molecule has 1 heterocycles. The van der Waals surface area contributed by atoms with E-state index >= 15 is 0 Å². The standard InChI is InChI=1S/C25H23N3O3/c1-2-28(16-23-26-21-11-7-6-10-19(21)24(30)27-23)25(31)20-15-18(12-13-22(20)29)14-17-8-4-3-5-9-17/h3-13,15,29H,2,14,16H2,1H3,(H,26,27,30). The molecule has 6 heteroatoms. The van der Waals surface area contributed by atoms with Gasteiger partial charge in [0.1, 0.15) is 11.6 Å². The lowest BCUT2D eigenvalue weighted by Crippen LogP contribution is -2.32. The lowest BCUT2D eigenvalue weighted by molar-refractivity contribution is 0.0745. The predicted molar refractivity (Wildman–Crippen MR) is 120 cm³/mol. The second-order valence-corrected chi connectivity index (χ2v) is 7.36. The molecule has 0 aliphatic carbocycles. The molecule has 4 aromatic rings. The van der Waals surface area contributed by atoms with E-state index in [1.807, 2.05) is 49.4 Å². The molecule has 2 N–H and O–H groups in total. The molecule has 0 aliphatic rings. The molecule has 156 valence electrons. The van der Waals surface area contributed by atoms with Crippen molar-refractivity contribution in [1.29, 1.82) is 0 Å². The summed E-state index contributed by atoms with van der Waals surface area (Å²) < 4.78 is 0. The zero-order valence-corrected chi connectivity index (χ0v) is 17.2. The number of amides is 1. The average molecular weight is 413 g/mol. The SMILES string of the molecule is CCN(Cc1nc2ccccc2c(=O)[nH]1)C(=O)c1cc(Cc2ccccc2)ccc1O. The Balaban J connectivity index is 1.60. The van der Waals surface area contributed by atoms with E-state index in [0.717, 1.165) is 11.1 Å². The molecule has 0 radical (unpaired) electrons. The summed E-state index contributed by atoms with van der Waals surface area (Å²) in [6.07, 6.45) is 0.660. The zero-order chi connectivity index (χ0) is 21.8. The van der Waals surface area contributed by atoms with Crippen molar-refractivity contribution in [3.05, 3.63) is 106 Å². The fourth-order valence-corrected chi connectivity index (χ4v) is 3.58. The lowest BCUT2D eigenvalue weighted by atomic mass is 10.0. The van der Waals surface area contributed by atoms with E-state index in [0.29, 0.717) is 29.7 Å². The van der Waals surface area contributed by atoms with Crippen LogP contribution in [-0.4, -0.2) is 32.4 Å². The Bertz CT molecular complexity index is 1280. The third-order valence-electron chi connectivity index (χ3n) is 5.21. The Hall–Kier alpha value is -3.93. The van der Waals surface area contributed by atoms with Crippen LogP contribution in [0.5, 0.6) is 5.75 Å². The third kappa shape index (κ3) is 4.48. The second kappa shape index (κ2) is 8.83. The molecule has 0 aliphatic heterocycles. The average Bonchev–Trinajstić information content (AvgIpc) is 2.79. The minimum absolute atomic E-state index is 0.0692. The van der Waals surface area contributed by atoms with Gasteiger partial charge in [0.2, 0.25) is 0 Å². The summed E-state index contributed by atoms with van der Waals surface area (Å²) in [6.45, 7) is 2.39. The Morgan fingerprint density at radius 2 is 1.74 bits per heavy atom. The summed E-state index contributed by atoms with van der Waals surface area (Å²) in [6, 6.07) is 22.1. The number of rotatable bonds is 6. The van der Waals surface area contributed by atoms with Crippen molar-refractivity contribution in [1.82, 2.24) is 14.9 Å². The first kappa shape index (κ1) is 20.3. The lowest BCUT2D eigenvalue weighted by Gasteiger charge is -2.21. The first-order chi connectivity index (χ1) is 15.0. The van der Waals surface area contributed by atoms with Crippen molar-refractivity contribution in [2.75, 3.05) is 6.54 Å². The van der Waals surface area contributed by atoms with Crippen molar-refractivity contribution in [2.24, 2.45) is 0 Å². The van der Waals surface area contributed by atoms with Gasteiger partial charge in [-0.05, 0) is 48.7 Å². The van der Waals surface area contributed by atoms with Crippen LogP contribution in [0.25, 0.3) is 10.9 Å². The Morgan fingerprint density at radius 1 is 1.00 bits per heavy atom. The molecule has 3 aromatic carbocycles. The van der Waals surface area contributed by atoms with E-state index < -0.39 is 0 Å². The van der Waals surface area contributed by atoms with Crippen molar-refractivity contribution < 1.29 is 9.90 Å². The van der Waals surface area contributed by atoms with Gasteiger partial charge < -0.3 is 15.0 Å². The Labute approximate surface area is 179 Å². The molecular formula is C25H23N3O3. The van der Waals surface area contributed by atoms with E-state index in [2.05, 4.69) is 9.97 Å². The van der Waals surface area contributed by atoms with Gasteiger partial charge >= 0.3 is 0 Å². The summed E-state index contributed by atoms with van der Waals surface area (Å²) >= 11 is 0. The summed E-state index contributed by atoms with van der Waals surface area (Å²) in [5, 5.41) is 10.9. The number of phenolic OH excluding ortho intramolecular Hbond substituents is 1. The van der Waals surface area contributed by atoms with Crippen LogP contribution in [0.1, 0.15) is 34.2 Å². The number of benzene rings is 3. The van der Waals surface area contributed by atoms with Crippen molar-refractivity contribution >= 4 is 16.8 Å². The predicted octanol–water partition coefficient (Wildman–Crippen LogP) is 3.88. The highest BCUT2D eigenvalue weighted by atomic mass is 16.3. The van der Waals surface area contributed by atoms with Gasteiger partial charge in [0.05, 0.1) is 23.0 Å². The fourth-order valence-electron chi connectivity index (χ4n) is 3.58. The first-order valence-electron chi connectivity index (χ1n) is 10.2. The van der Waals surface area contributed by atoms with E-state index in [-0.39, 0.29) is 29.3 Å². The maximum absolute atomic E-state index is 13.2. The molecular weight excluding hydrogens is 390 g/mol. The van der Waals surface area contributed by atoms with Crippen LogP contribution in [0.3, 0.4) is 0 Å². The summed E-state index contributed by atoms with van der Waals surface area (Å²) in [7, 11) is 0. The first-order valence-corrected chi connectivity index (χ1v) is 10.2. The van der Waals surface area contributed by atoms with Crippen LogP contribution in [0.4, 0.5) is 0 Å². The van der Waals surface area contributed by atoms with Gasteiger partial charge in [-0.1, -0.05) is 48.5 Å². The van der Waals surface area contributed by atoms with Gasteiger partial charge in [-0.2, -0.15) is 0 Å². The number of hydrogen-bond donors (Lipinski definition) is 2. The number of para-hydroxylation sites is 1. The molecule has 0 saturated carbocycles. The van der Waals surface area contributed by atoms with Gasteiger partial charge in [0.25, 0.3) is 11.5 Å². The zero-order valence-electron chi connectivity index (χ0n) is 17.2. The van der Waals surface area contributed by atoms with Crippen LogP contribution in [0, 0.1) is 0 Å². The monoisotopic (exact) mass is 413 g/mol. The number of nitrogens with one attached hydrogen (secondary N) is 1. The normalized spacial score (nSPS) is 10.9. The Morgan fingerprint density at radius 3 is 2.52 bits per heavy atom. The van der Waals surface area contributed by atoms with Crippen molar-refractivity contribution in [3.63, 3.8) is 0 Å². The van der Waals surface area contributed by atoms with E-state index in [1.54, 1.807) is 35.2 Å². The summed E-state index contributed by atoms with van der Waals surface area (Å²) in [4.78, 5) is 34.3. The highest BCUT2D eigenvalue weighted by Crippen LogP contribution is 2.23. The molecule has 0 atom stereocenters. The molecule has 0 fully saturated rings. The highest BCUT2D eigenvalue weighted by Gasteiger charge is 2.20. The molecule has 0 saturated heterocycles. The van der Waals surface area contributed by atoms with Crippen LogP contribution in [0.15, 0.2) is 77.6 Å². The minimum atomic E-state index is -0.314. The number of nitrogens with zero attached hydrogens (tertiary/aromatic N) is 2. The van der Waals surface area contributed by atoms with Gasteiger partial charge in [-0.15, -0.1) is 0 Å². The van der Waals surface area contributed by atoms with Crippen LogP contribution < -0.4 is 5.56 Å². The van der Waals surface area contributed by atoms with Crippen LogP contribution in [0.2, 0.25) is 0 Å². The van der Waals surface area contributed by atoms with Crippen LogP contribution >= 0.6 is 0 Å². The van der Waals surface area contributed by atoms with E-state index in [4.69, 9.17) is 0 Å². The number of aromatic hydroxyl groups is 1. The smallest absolute Gasteiger partial charge is 0.258 e. The molecule has 0 spiro atoms. The number of fused-ring (bicyclic) bond motifs is 1. The maximum Gasteiger partial charge on any atom is 0.258 e. The number of hydrogen-bond acceptors (Lipinski definition) is 4. The topological polar surface area (TPSA) is 86.3 Å². The van der Waals surface area contributed by atoms with Crippen molar-refractivity contribution in [3.8, 4) is 5.75 Å². The molecule has 6 nitrogen and oxygen atoms in total. The Kier molecular flexibility index (Phi) is 5.80. The number of H-pyrrole nitrogens is 1. The quantitative estimate of drug-likeness (QED) is 0.502. The van der Waals surface area contributed by atoms with Crippen LogP contribution in [-0.2, 0) is 13.0 Å². The molecule has 31 heavy (non-hydrogen) atoms. The summed E-state index contributed by atoms with van der Waals surface area (Å²) in [5.74, 6) is 0.0183. The number of aromatic nitrogens is 2. The van der Waals surface area contributed by atoms with E-state index in [1.165, 1.54) is 0 Å². The molecule has 0 unspecified atom stereocenters. The van der Waals surface area contributed by atoms with Gasteiger partial charge in [0.15, 0.2) is 0 Å². The fraction of sp³-hybridized carbons (Fsp3) is 0.160. The second-order valence-electron chi connectivity index (χ2n) is 7.36. The van der Waals surface area contributed by atoms with Crippen molar-refractivity contribution in [2.45, 2.75) is 19.9 Å². The van der Waals surface area contributed by atoms with Gasteiger partial charge in [-0.25, -0.2) is 4.98 Å². The number of carbonyl (C=O) groups is 1. The minimum Gasteiger partial charge on any atom is -0.507 e. The summed E-state index contributed by atoms with van der Waals surface area (Å²) in [5.41, 5.74) is 2.63. The maximum atomic E-state index is 13.2. The molecule has 1 amide bonds. The molecule has 0 bridgehead atoms. The van der Waals surface area contributed by atoms with Gasteiger partial charge in [-0.3, -0.25) is 9.59 Å². The third-order valence-corrected chi connectivity index (χ3v) is 5.21. The van der Waals surface area contributed by atoms with Gasteiger partial charge in [0, 0.05) is 6.54 Å². The highest BCUT2D eigenvalue weighted by molar-refractivity contribution is 5.97. The molecule has 1 aromatic heterocycles. The van der Waals surface area contributed by atoms with E-state index in [9.17, 15) is 14.7 Å². The number of aromatic amines is 1. The number of phenols is 1. The number of carbonyl (C=O) groups excluding carboxylic acids is 1.